The first-order valence-corrected chi connectivity index (χ1v) is 4.71. The molecule has 14 heavy (non-hydrogen) atoms. The molecule has 0 fully saturated rings. The van der Waals surface area contributed by atoms with E-state index in [0.29, 0.717) is 23.8 Å². The van der Waals surface area contributed by atoms with Crippen LogP contribution in [0.2, 0.25) is 5.15 Å². The summed E-state index contributed by atoms with van der Waals surface area (Å²) in [5.74, 6) is 0. The Morgan fingerprint density at radius 1 is 1.43 bits per heavy atom. The SMILES string of the molecule is NCCC(O)C(O)c1cccc(Cl)n1. The molecule has 0 spiro atoms. The Morgan fingerprint density at radius 2 is 2.14 bits per heavy atom. The van der Waals surface area contributed by atoms with Gasteiger partial charge in [-0.1, -0.05) is 17.7 Å². The summed E-state index contributed by atoms with van der Waals surface area (Å²) < 4.78 is 0. The first-order chi connectivity index (χ1) is 6.65. The second-order valence-corrected chi connectivity index (χ2v) is 3.36. The third kappa shape index (κ3) is 2.92. The summed E-state index contributed by atoms with van der Waals surface area (Å²) in [6.45, 7) is 0.318. The number of aromatic nitrogens is 1. The Kier molecular flexibility index (Phi) is 4.28. The van der Waals surface area contributed by atoms with Gasteiger partial charge in [0.25, 0.3) is 0 Å². The van der Waals surface area contributed by atoms with Crippen LogP contribution in [0.4, 0.5) is 0 Å². The topological polar surface area (TPSA) is 79.4 Å². The number of pyridine rings is 1. The molecule has 0 aliphatic carbocycles. The normalized spacial score (nSPS) is 15.1. The van der Waals surface area contributed by atoms with Gasteiger partial charge in [0.2, 0.25) is 0 Å². The van der Waals surface area contributed by atoms with E-state index in [2.05, 4.69) is 4.98 Å². The summed E-state index contributed by atoms with van der Waals surface area (Å²) in [7, 11) is 0. The van der Waals surface area contributed by atoms with Crippen LogP contribution in [0.25, 0.3) is 0 Å². The minimum atomic E-state index is -1.03. The fourth-order valence-corrected chi connectivity index (χ4v) is 1.28. The number of hydrogen-bond donors (Lipinski definition) is 3. The first kappa shape index (κ1) is 11.4. The monoisotopic (exact) mass is 216 g/mol. The lowest BCUT2D eigenvalue weighted by molar-refractivity contribution is 0.0125. The zero-order valence-corrected chi connectivity index (χ0v) is 8.35. The van der Waals surface area contributed by atoms with Gasteiger partial charge in [-0.05, 0) is 25.1 Å². The van der Waals surface area contributed by atoms with E-state index < -0.39 is 12.2 Å². The van der Waals surface area contributed by atoms with Crippen LogP contribution in [0, 0.1) is 0 Å². The van der Waals surface area contributed by atoms with Gasteiger partial charge in [-0.2, -0.15) is 0 Å². The maximum absolute atomic E-state index is 9.62. The zero-order chi connectivity index (χ0) is 10.6. The number of aliphatic hydroxyl groups excluding tert-OH is 2. The van der Waals surface area contributed by atoms with Gasteiger partial charge < -0.3 is 15.9 Å². The second-order valence-electron chi connectivity index (χ2n) is 2.97. The quantitative estimate of drug-likeness (QED) is 0.640. The number of rotatable bonds is 4. The lowest BCUT2D eigenvalue weighted by Gasteiger charge is -2.16. The summed E-state index contributed by atoms with van der Waals surface area (Å²) in [6.07, 6.45) is -1.60. The highest BCUT2D eigenvalue weighted by molar-refractivity contribution is 6.29. The smallest absolute Gasteiger partial charge is 0.129 e. The number of nitrogens with two attached hydrogens (primary N) is 1. The van der Waals surface area contributed by atoms with Crippen LogP contribution in [0.1, 0.15) is 18.2 Å². The van der Waals surface area contributed by atoms with Crippen LogP contribution in [0.15, 0.2) is 18.2 Å². The van der Waals surface area contributed by atoms with Crippen LogP contribution >= 0.6 is 11.6 Å². The maximum atomic E-state index is 9.62. The first-order valence-electron chi connectivity index (χ1n) is 4.34. The van der Waals surface area contributed by atoms with E-state index in [-0.39, 0.29) is 0 Å². The molecule has 2 atom stereocenters. The van der Waals surface area contributed by atoms with Gasteiger partial charge in [-0.25, -0.2) is 4.98 Å². The third-order valence-corrected chi connectivity index (χ3v) is 2.08. The molecule has 0 aliphatic heterocycles. The molecule has 0 amide bonds. The van der Waals surface area contributed by atoms with Gasteiger partial charge >= 0.3 is 0 Å². The van der Waals surface area contributed by atoms with E-state index in [0.717, 1.165) is 0 Å². The fourth-order valence-electron chi connectivity index (χ4n) is 1.11. The highest BCUT2D eigenvalue weighted by Crippen LogP contribution is 2.18. The number of halogens is 1. The largest absolute Gasteiger partial charge is 0.390 e. The van der Waals surface area contributed by atoms with Gasteiger partial charge in [0.1, 0.15) is 11.3 Å². The number of nitrogens with zero attached hydrogens (tertiary/aromatic N) is 1. The summed E-state index contributed by atoms with van der Waals surface area (Å²) in [5, 5.41) is 19.4. The van der Waals surface area contributed by atoms with Crippen molar-refractivity contribution in [1.82, 2.24) is 4.98 Å². The van der Waals surface area contributed by atoms with Crippen LogP contribution in [-0.2, 0) is 0 Å². The van der Waals surface area contributed by atoms with Gasteiger partial charge in [0.15, 0.2) is 0 Å². The number of aliphatic hydroxyl groups is 2. The molecule has 4 N–H and O–H groups in total. The van der Waals surface area contributed by atoms with E-state index >= 15 is 0 Å². The van der Waals surface area contributed by atoms with E-state index in [1.165, 1.54) is 0 Å². The molecular weight excluding hydrogens is 204 g/mol. The van der Waals surface area contributed by atoms with Gasteiger partial charge in [0, 0.05) is 0 Å². The molecule has 1 rings (SSSR count). The van der Waals surface area contributed by atoms with Gasteiger partial charge in [0.05, 0.1) is 11.8 Å². The Bertz CT molecular complexity index is 296. The maximum Gasteiger partial charge on any atom is 0.129 e. The fraction of sp³-hybridized carbons (Fsp3) is 0.444. The third-order valence-electron chi connectivity index (χ3n) is 1.87. The van der Waals surface area contributed by atoms with Crippen molar-refractivity contribution in [1.29, 1.82) is 0 Å². The average Bonchev–Trinajstić information content (AvgIpc) is 2.17. The van der Waals surface area contributed by atoms with Crippen molar-refractivity contribution in [2.75, 3.05) is 6.54 Å². The van der Waals surface area contributed by atoms with E-state index in [4.69, 9.17) is 17.3 Å². The van der Waals surface area contributed by atoms with Crippen molar-refractivity contribution in [3.63, 3.8) is 0 Å². The molecule has 0 saturated heterocycles. The summed E-state index contributed by atoms with van der Waals surface area (Å²) in [4.78, 5) is 3.89. The van der Waals surface area contributed by atoms with Crippen molar-refractivity contribution in [3.8, 4) is 0 Å². The highest BCUT2D eigenvalue weighted by Gasteiger charge is 2.18. The average molecular weight is 217 g/mol. The van der Waals surface area contributed by atoms with Crippen LogP contribution in [0.3, 0.4) is 0 Å². The molecule has 0 aliphatic rings. The number of hydrogen-bond acceptors (Lipinski definition) is 4. The Balaban J connectivity index is 2.73. The van der Waals surface area contributed by atoms with Crippen LogP contribution in [0.5, 0.6) is 0 Å². The van der Waals surface area contributed by atoms with Crippen molar-refractivity contribution < 1.29 is 10.2 Å². The predicted octanol–water partition coefficient (Wildman–Crippen LogP) is 0.478. The molecule has 1 aromatic rings. The summed E-state index contributed by atoms with van der Waals surface area (Å²) in [5.41, 5.74) is 5.62. The molecule has 5 heteroatoms. The van der Waals surface area contributed by atoms with Crippen LogP contribution < -0.4 is 5.73 Å². The Labute approximate surface area is 87.3 Å². The molecular formula is C9H13ClN2O2. The predicted molar refractivity (Wildman–Crippen MR) is 53.9 cm³/mol. The van der Waals surface area contributed by atoms with Crippen molar-refractivity contribution >= 4 is 11.6 Å². The molecule has 1 heterocycles. The Morgan fingerprint density at radius 3 is 2.71 bits per heavy atom. The second kappa shape index (κ2) is 5.26. The van der Waals surface area contributed by atoms with Crippen LogP contribution in [-0.4, -0.2) is 27.8 Å². The minimum Gasteiger partial charge on any atom is -0.390 e. The molecule has 0 saturated carbocycles. The van der Waals surface area contributed by atoms with E-state index in [1.54, 1.807) is 18.2 Å². The molecule has 78 valence electrons. The highest BCUT2D eigenvalue weighted by atomic mass is 35.5. The molecule has 0 radical (unpaired) electrons. The van der Waals surface area contributed by atoms with Crippen molar-refractivity contribution in [2.45, 2.75) is 18.6 Å². The summed E-state index contributed by atoms with van der Waals surface area (Å²) in [6, 6.07) is 4.88. The van der Waals surface area contributed by atoms with Gasteiger partial charge in [-0.15, -0.1) is 0 Å². The molecule has 2 unspecified atom stereocenters. The summed E-state index contributed by atoms with van der Waals surface area (Å²) >= 11 is 5.64. The standard InChI is InChI=1S/C9H13ClN2O2/c10-8-3-1-2-6(12-8)9(14)7(13)4-5-11/h1-3,7,9,13-14H,4-5,11H2. The lowest BCUT2D eigenvalue weighted by atomic mass is 10.1. The molecule has 4 nitrogen and oxygen atoms in total. The zero-order valence-electron chi connectivity index (χ0n) is 7.60. The molecule has 0 bridgehead atoms. The Hall–Kier alpha value is -0.680. The molecule has 1 aromatic heterocycles. The minimum absolute atomic E-state index is 0.293. The lowest BCUT2D eigenvalue weighted by Crippen LogP contribution is -2.22. The van der Waals surface area contributed by atoms with Gasteiger partial charge in [-0.3, -0.25) is 0 Å². The van der Waals surface area contributed by atoms with Crippen molar-refractivity contribution in [2.24, 2.45) is 5.73 Å². The van der Waals surface area contributed by atoms with E-state index in [9.17, 15) is 10.2 Å². The van der Waals surface area contributed by atoms with Crippen molar-refractivity contribution in [3.05, 3.63) is 29.0 Å². The van der Waals surface area contributed by atoms with E-state index in [1.807, 2.05) is 0 Å². The molecule has 0 aromatic carbocycles.